The molecule has 136 valence electrons. The summed E-state index contributed by atoms with van der Waals surface area (Å²) in [5.74, 6) is -2.03. The fourth-order valence-corrected chi connectivity index (χ4v) is 3.49. The van der Waals surface area contributed by atoms with Crippen LogP contribution in [0.25, 0.3) is 0 Å². The normalized spacial score (nSPS) is 30.2. The minimum Gasteiger partial charge on any atom is -0.481 e. The SMILES string of the molecule is CC(C)(C)OC(=O)[C@@H]1[C@@H](CCC(=O)O)C[C@H]2CN[C@@H](CO)C(=O)N21. The number of hydrogen-bond donors (Lipinski definition) is 3. The zero-order valence-electron chi connectivity index (χ0n) is 14.3. The smallest absolute Gasteiger partial charge is 0.329 e. The number of rotatable bonds is 5. The second-order valence-corrected chi connectivity index (χ2v) is 7.45. The second-order valence-electron chi connectivity index (χ2n) is 7.45. The van der Waals surface area contributed by atoms with E-state index in [1.54, 1.807) is 20.8 Å². The van der Waals surface area contributed by atoms with Crippen molar-refractivity contribution in [2.24, 2.45) is 5.92 Å². The Morgan fingerprint density at radius 3 is 2.58 bits per heavy atom. The van der Waals surface area contributed by atoms with Crippen molar-refractivity contribution in [1.82, 2.24) is 10.2 Å². The number of aliphatic hydroxyl groups is 1. The molecule has 0 aromatic carbocycles. The fourth-order valence-electron chi connectivity index (χ4n) is 3.49. The molecule has 0 aromatic rings. The summed E-state index contributed by atoms with van der Waals surface area (Å²) in [7, 11) is 0. The third-order valence-corrected chi connectivity index (χ3v) is 4.43. The van der Waals surface area contributed by atoms with Gasteiger partial charge in [0.25, 0.3) is 0 Å². The Labute approximate surface area is 141 Å². The monoisotopic (exact) mass is 342 g/mol. The van der Waals surface area contributed by atoms with E-state index < -0.39 is 29.6 Å². The van der Waals surface area contributed by atoms with Crippen molar-refractivity contribution >= 4 is 17.8 Å². The standard InChI is InChI=1S/C16H26N2O6/c1-16(2,3)24-15(23)13-9(4-5-12(20)21)6-10-7-17-11(8-19)14(22)18(10)13/h9-11,13,17,19H,4-8H2,1-3H3,(H,20,21)/t9-,10-,11-,13-/m0/s1. The predicted molar refractivity (Wildman–Crippen MR) is 84.1 cm³/mol. The maximum Gasteiger partial charge on any atom is 0.329 e. The van der Waals surface area contributed by atoms with Gasteiger partial charge in [-0.05, 0) is 39.5 Å². The van der Waals surface area contributed by atoms with E-state index in [1.165, 1.54) is 4.90 Å². The first-order valence-corrected chi connectivity index (χ1v) is 8.25. The summed E-state index contributed by atoms with van der Waals surface area (Å²) >= 11 is 0. The molecule has 2 heterocycles. The number of aliphatic carboxylic acids is 1. The maximum absolute atomic E-state index is 12.7. The van der Waals surface area contributed by atoms with Gasteiger partial charge in [-0.3, -0.25) is 9.59 Å². The van der Waals surface area contributed by atoms with E-state index in [2.05, 4.69) is 5.32 Å². The van der Waals surface area contributed by atoms with Gasteiger partial charge < -0.3 is 25.2 Å². The number of nitrogens with one attached hydrogen (secondary N) is 1. The summed E-state index contributed by atoms with van der Waals surface area (Å²) in [4.78, 5) is 37.6. The molecule has 1 amide bonds. The summed E-state index contributed by atoms with van der Waals surface area (Å²) in [6, 6.07) is -1.71. The van der Waals surface area contributed by atoms with Gasteiger partial charge in [0.2, 0.25) is 5.91 Å². The maximum atomic E-state index is 12.7. The van der Waals surface area contributed by atoms with Gasteiger partial charge in [0.1, 0.15) is 17.7 Å². The van der Waals surface area contributed by atoms with Crippen LogP contribution in [-0.2, 0) is 19.1 Å². The highest BCUT2D eigenvalue weighted by Gasteiger charge is 2.51. The lowest BCUT2D eigenvalue weighted by molar-refractivity contribution is -0.167. The Kier molecular flexibility index (Phi) is 5.49. The minimum absolute atomic E-state index is 0.0599. The lowest BCUT2D eigenvalue weighted by Crippen LogP contribution is -2.62. The summed E-state index contributed by atoms with van der Waals surface area (Å²) in [5.41, 5.74) is -0.694. The van der Waals surface area contributed by atoms with E-state index in [0.29, 0.717) is 19.4 Å². The zero-order valence-corrected chi connectivity index (χ0v) is 14.3. The van der Waals surface area contributed by atoms with Gasteiger partial charge >= 0.3 is 11.9 Å². The quantitative estimate of drug-likeness (QED) is 0.590. The first-order valence-electron chi connectivity index (χ1n) is 8.25. The molecule has 3 N–H and O–H groups in total. The van der Waals surface area contributed by atoms with Crippen LogP contribution in [0.5, 0.6) is 0 Å². The van der Waals surface area contributed by atoms with Gasteiger partial charge in [-0.15, -0.1) is 0 Å². The van der Waals surface area contributed by atoms with Gasteiger partial charge in [0, 0.05) is 19.0 Å². The number of piperazine rings is 1. The first-order chi connectivity index (χ1) is 11.1. The van der Waals surface area contributed by atoms with Gasteiger partial charge in [0.15, 0.2) is 0 Å². The van der Waals surface area contributed by atoms with Gasteiger partial charge in [-0.2, -0.15) is 0 Å². The molecule has 0 aromatic heterocycles. The Morgan fingerprint density at radius 2 is 2.04 bits per heavy atom. The number of aliphatic hydroxyl groups excluding tert-OH is 1. The van der Waals surface area contributed by atoms with E-state index in [-0.39, 0.29) is 30.9 Å². The fraction of sp³-hybridized carbons (Fsp3) is 0.812. The van der Waals surface area contributed by atoms with Crippen LogP contribution in [0, 0.1) is 5.92 Å². The molecule has 2 fully saturated rings. The van der Waals surface area contributed by atoms with Crippen LogP contribution in [0.15, 0.2) is 0 Å². The Morgan fingerprint density at radius 1 is 1.38 bits per heavy atom. The molecule has 4 atom stereocenters. The van der Waals surface area contributed by atoms with Gasteiger partial charge in [-0.25, -0.2) is 4.79 Å². The number of nitrogens with zero attached hydrogens (tertiary/aromatic N) is 1. The number of carbonyl (C=O) groups excluding carboxylic acids is 2. The molecular formula is C16H26N2O6. The molecule has 2 saturated heterocycles. The third kappa shape index (κ3) is 4.05. The zero-order chi connectivity index (χ0) is 18.1. The highest BCUT2D eigenvalue weighted by molar-refractivity contribution is 5.89. The molecule has 0 aliphatic carbocycles. The molecule has 0 radical (unpaired) electrons. The largest absolute Gasteiger partial charge is 0.481 e. The number of hydrogen-bond acceptors (Lipinski definition) is 6. The molecule has 2 aliphatic rings. The van der Waals surface area contributed by atoms with Crippen LogP contribution in [0.3, 0.4) is 0 Å². The van der Waals surface area contributed by atoms with E-state index in [4.69, 9.17) is 9.84 Å². The van der Waals surface area contributed by atoms with E-state index in [0.717, 1.165) is 0 Å². The van der Waals surface area contributed by atoms with E-state index >= 15 is 0 Å². The second kappa shape index (κ2) is 7.06. The molecule has 8 nitrogen and oxygen atoms in total. The van der Waals surface area contributed by atoms with Crippen molar-refractivity contribution < 1.29 is 29.3 Å². The van der Waals surface area contributed by atoms with Crippen molar-refractivity contribution in [3.05, 3.63) is 0 Å². The molecule has 0 saturated carbocycles. The van der Waals surface area contributed by atoms with Crippen LogP contribution in [0.4, 0.5) is 0 Å². The molecule has 0 spiro atoms. The number of fused-ring (bicyclic) bond motifs is 1. The molecule has 0 unspecified atom stereocenters. The number of amides is 1. The molecule has 24 heavy (non-hydrogen) atoms. The molecular weight excluding hydrogens is 316 g/mol. The highest BCUT2D eigenvalue weighted by atomic mass is 16.6. The van der Waals surface area contributed by atoms with Crippen LogP contribution >= 0.6 is 0 Å². The van der Waals surface area contributed by atoms with Crippen molar-refractivity contribution in [3.8, 4) is 0 Å². The van der Waals surface area contributed by atoms with E-state index in [9.17, 15) is 19.5 Å². The van der Waals surface area contributed by atoms with E-state index in [1.807, 2.05) is 0 Å². The molecule has 0 bridgehead atoms. The van der Waals surface area contributed by atoms with Crippen molar-refractivity contribution in [1.29, 1.82) is 0 Å². The molecule has 8 heteroatoms. The van der Waals surface area contributed by atoms with Crippen molar-refractivity contribution in [3.63, 3.8) is 0 Å². The van der Waals surface area contributed by atoms with Crippen LogP contribution in [0.1, 0.15) is 40.0 Å². The number of carboxylic acids is 1. The average molecular weight is 342 g/mol. The Bertz CT molecular complexity index is 515. The molecule has 2 rings (SSSR count). The predicted octanol–water partition coefficient (Wildman–Crippen LogP) is -0.257. The Hall–Kier alpha value is -1.67. The number of carboxylic acid groups (broad SMARTS) is 1. The molecule has 2 aliphatic heterocycles. The third-order valence-electron chi connectivity index (χ3n) is 4.43. The minimum atomic E-state index is -0.930. The lowest BCUT2D eigenvalue weighted by atomic mass is 9.93. The number of carbonyl (C=O) groups is 3. The number of ether oxygens (including phenoxy) is 1. The Balaban J connectivity index is 2.24. The van der Waals surface area contributed by atoms with Crippen molar-refractivity contribution in [2.45, 2.75) is 63.8 Å². The van der Waals surface area contributed by atoms with Crippen LogP contribution in [0.2, 0.25) is 0 Å². The summed E-state index contributed by atoms with van der Waals surface area (Å²) < 4.78 is 5.46. The van der Waals surface area contributed by atoms with Crippen LogP contribution < -0.4 is 5.32 Å². The average Bonchev–Trinajstić information content (AvgIpc) is 2.83. The van der Waals surface area contributed by atoms with Crippen molar-refractivity contribution in [2.75, 3.05) is 13.2 Å². The highest BCUT2D eigenvalue weighted by Crippen LogP contribution is 2.36. The summed E-state index contributed by atoms with van der Waals surface area (Å²) in [6.45, 7) is 5.38. The lowest BCUT2D eigenvalue weighted by Gasteiger charge is -2.38. The van der Waals surface area contributed by atoms with Crippen LogP contribution in [-0.4, -0.2) is 69.8 Å². The van der Waals surface area contributed by atoms with Gasteiger partial charge in [0.05, 0.1) is 6.61 Å². The topological polar surface area (TPSA) is 116 Å². The van der Waals surface area contributed by atoms with Gasteiger partial charge in [-0.1, -0.05) is 0 Å². The number of esters is 1. The summed E-state index contributed by atoms with van der Waals surface area (Å²) in [5, 5.41) is 21.2. The first kappa shape index (κ1) is 18.7. The summed E-state index contributed by atoms with van der Waals surface area (Å²) in [6.07, 6.45) is 0.799.